The number of methoxy groups -OCH3 is 1. The van der Waals surface area contributed by atoms with Crippen molar-refractivity contribution in [1.29, 1.82) is 0 Å². The molecule has 2 unspecified atom stereocenters. The topological polar surface area (TPSA) is 90.4 Å². The van der Waals surface area contributed by atoms with Crippen LogP contribution in [0.4, 0.5) is 11.4 Å². The van der Waals surface area contributed by atoms with Gasteiger partial charge in [0.05, 0.1) is 17.5 Å². The molecular weight excluding hydrogens is 242 g/mol. The van der Waals surface area contributed by atoms with E-state index in [1.165, 1.54) is 0 Å². The molecule has 0 aromatic heterocycles. The number of amides is 1. The van der Waals surface area contributed by atoms with Gasteiger partial charge in [0, 0.05) is 24.1 Å². The molecule has 2 atom stereocenters. The minimum atomic E-state index is -0.453. The molecule has 5 N–H and O–H groups in total. The molecule has 0 bridgehead atoms. The van der Waals surface area contributed by atoms with Crippen LogP contribution in [0.1, 0.15) is 30.6 Å². The first-order chi connectivity index (χ1) is 8.86. The van der Waals surface area contributed by atoms with Crippen molar-refractivity contribution in [2.45, 2.75) is 32.4 Å². The second-order valence-corrected chi connectivity index (χ2v) is 5.64. The molecule has 104 valence electrons. The number of nitrogens with two attached hydrogens (primary N) is 2. The van der Waals surface area contributed by atoms with E-state index in [0.29, 0.717) is 11.3 Å². The Hall–Kier alpha value is -1.75. The molecule has 0 saturated heterocycles. The first-order valence-corrected chi connectivity index (χ1v) is 6.35. The Balaban J connectivity index is 2.16. The molecule has 0 spiro atoms. The molecule has 1 fully saturated rings. The van der Waals surface area contributed by atoms with Crippen LogP contribution >= 0.6 is 0 Å². The summed E-state index contributed by atoms with van der Waals surface area (Å²) >= 11 is 0. The number of anilines is 2. The van der Waals surface area contributed by atoms with Crippen LogP contribution in [-0.4, -0.2) is 25.2 Å². The molecule has 2 rings (SSSR count). The van der Waals surface area contributed by atoms with Crippen molar-refractivity contribution in [3.05, 3.63) is 23.8 Å². The number of benzene rings is 1. The van der Waals surface area contributed by atoms with Crippen LogP contribution in [0.2, 0.25) is 0 Å². The fourth-order valence-electron chi connectivity index (χ4n) is 2.55. The van der Waals surface area contributed by atoms with Gasteiger partial charge in [-0.1, -0.05) is 13.8 Å². The number of carbonyl (C=O) groups excluding carboxylic acids is 1. The van der Waals surface area contributed by atoms with Gasteiger partial charge in [-0.25, -0.2) is 0 Å². The van der Waals surface area contributed by atoms with E-state index in [1.54, 1.807) is 25.3 Å². The number of primary amides is 1. The lowest BCUT2D eigenvalue weighted by molar-refractivity contribution is -0.0794. The minimum Gasteiger partial charge on any atom is -0.397 e. The Morgan fingerprint density at radius 3 is 2.68 bits per heavy atom. The fraction of sp³-hybridized carbons (Fsp3) is 0.500. The first kappa shape index (κ1) is 13.7. The summed E-state index contributed by atoms with van der Waals surface area (Å²) in [5, 5.41) is 3.38. The lowest BCUT2D eigenvalue weighted by Crippen LogP contribution is -2.57. The molecule has 0 radical (unpaired) electrons. The average Bonchev–Trinajstić information content (AvgIpc) is 2.35. The molecule has 1 saturated carbocycles. The number of rotatable bonds is 4. The zero-order valence-electron chi connectivity index (χ0n) is 11.6. The van der Waals surface area contributed by atoms with Gasteiger partial charge < -0.3 is 21.5 Å². The van der Waals surface area contributed by atoms with Gasteiger partial charge in [-0.3, -0.25) is 4.79 Å². The minimum absolute atomic E-state index is 0.0317. The highest BCUT2D eigenvalue weighted by Gasteiger charge is 2.48. The monoisotopic (exact) mass is 263 g/mol. The molecule has 5 nitrogen and oxygen atoms in total. The van der Waals surface area contributed by atoms with Crippen molar-refractivity contribution in [3.8, 4) is 0 Å². The maximum atomic E-state index is 11.2. The summed E-state index contributed by atoms with van der Waals surface area (Å²) in [6.45, 7) is 4.30. The van der Waals surface area contributed by atoms with E-state index in [-0.39, 0.29) is 17.6 Å². The second-order valence-electron chi connectivity index (χ2n) is 5.64. The number of carbonyl (C=O) groups is 1. The predicted octanol–water partition coefficient (Wildman–Crippen LogP) is 1.59. The SMILES string of the molecule is COC1CC(Nc2cc(C(N)=O)ccc2N)C1(C)C. The Kier molecular flexibility index (Phi) is 3.41. The van der Waals surface area contributed by atoms with Gasteiger partial charge in [-0.05, 0) is 24.6 Å². The highest BCUT2D eigenvalue weighted by atomic mass is 16.5. The zero-order chi connectivity index (χ0) is 14.2. The highest BCUT2D eigenvalue weighted by Crippen LogP contribution is 2.44. The van der Waals surface area contributed by atoms with Crippen molar-refractivity contribution >= 4 is 17.3 Å². The summed E-state index contributed by atoms with van der Waals surface area (Å²) in [7, 11) is 1.73. The molecule has 0 heterocycles. The molecule has 1 aromatic carbocycles. The third-order valence-corrected chi connectivity index (χ3v) is 4.13. The molecule has 1 aliphatic carbocycles. The highest BCUT2D eigenvalue weighted by molar-refractivity contribution is 5.95. The van der Waals surface area contributed by atoms with Crippen LogP contribution in [0.25, 0.3) is 0 Å². The zero-order valence-corrected chi connectivity index (χ0v) is 11.6. The summed E-state index contributed by atoms with van der Waals surface area (Å²) in [6.07, 6.45) is 1.16. The van der Waals surface area contributed by atoms with E-state index in [0.717, 1.165) is 12.1 Å². The summed E-state index contributed by atoms with van der Waals surface area (Å²) in [6, 6.07) is 5.30. The third kappa shape index (κ3) is 2.38. The van der Waals surface area contributed by atoms with Crippen LogP contribution in [0.3, 0.4) is 0 Å². The van der Waals surface area contributed by atoms with Crippen molar-refractivity contribution < 1.29 is 9.53 Å². The standard InChI is InChI=1S/C14H21N3O2/c1-14(2)11(7-12(14)19-3)17-10-6-8(13(16)18)4-5-9(10)15/h4-6,11-12,17H,7,15H2,1-3H3,(H2,16,18). The van der Waals surface area contributed by atoms with Crippen molar-refractivity contribution in [2.24, 2.45) is 11.1 Å². The number of hydrogen-bond donors (Lipinski definition) is 3. The summed E-state index contributed by atoms with van der Waals surface area (Å²) in [5.41, 5.74) is 13.1. The molecule has 0 aliphatic heterocycles. The summed E-state index contributed by atoms with van der Waals surface area (Å²) in [4.78, 5) is 11.2. The van der Waals surface area contributed by atoms with Crippen LogP contribution < -0.4 is 16.8 Å². The van der Waals surface area contributed by atoms with Crippen LogP contribution in [0.5, 0.6) is 0 Å². The second kappa shape index (κ2) is 4.74. The van der Waals surface area contributed by atoms with Gasteiger partial charge in [0.2, 0.25) is 5.91 Å². The molecule has 19 heavy (non-hydrogen) atoms. The van der Waals surface area contributed by atoms with E-state index in [4.69, 9.17) is 16.2 Å². The molecular formula is C14H21N3O2. The first-order valence-electron chi connectivity index (χ1n) is 6.35. The van der Waals surface area contributed by atoms with E-state index in [1.807, 2.05) is 0 Å². The van der Waals surface area contributed by atoms with Gasteiger partial charge >= 0.3 is 0 Å². The maximum absolute atomic E-state index is 11.2. The van der Waals surface area contributed by atoms with Gasteiger partial charge in [0.1, 0.15) is 0 Å². The molecule has 5 heteroatoms. The largest absolute Gasteiger partial charge is 0.397 e. The van der Waals surface area contributed by atoms with Crippen LogP contribution in [0.15, 0.2) is 18.2 Å². The third-order valence-electron chi connectivity index (χ3n) is 4.13. The number of nitrogens with one attached hydrogen (secondary N) is 1. The maximum Gasteiger partial charge on any atom is 0.248 e. The lowest BCUT2D eigenvalue weighted by atomic mass is 9.64. The van der Waals surface area contributed by atoms with Crippen LogP contribution in [0, 0.1) is 5.41 Å². The van der Waals surface area contributed by atoms with Crippen molar-refractivity contribution in [3.63, 3.8) is 0 Å². The Morgan fingerprint density at radius 1 is 1.47 bits per heavy atom. The van der Waals surface area contributed by atoms with E-state index in [9.17, 15) is 4.79 Å². The Bertz CT molecular complexity index is 499. The van der Waals surface area contributed by atoms with Crippen molar-refractivity contribution in [1.82, 2.24) is 0 Å². The summed E-state index contributed by atoms with van der Waals surface area (Å²) < 4.78 is 5.42. The Morgan fingerprint density at radius 2 is 2.16 bits per heavy atom. The quantitative estimate of drug-likeness (QED) is 0.719. The van der Waals surface area contributed by atoms with Gasteiger partial charge in [-0.15, -0.1) is 0 Å². The predicted molar refractivity (Wildman–Crippen MR) is 76.0 cm³/mol. The molecule has 1 aromatic rings. The number of nitrogen functional groups attached to an aromatic ring is 1. The molecule has 1 aliphatic rings. The fourth-order valence-corrected chi connectivity index (χ4v) is 2.55. The summed E-state index contributed by atoms with van der Waals surface area (Å²) in [5.74, 6) is -0.453. The van der Waals surface area contributed by atoms with Crippen LogP contribution in [-0.2, 0) is 4.74 Å². The average molecular weight is 263 g/mol. The number of ether oxygens (including phenoxy) is 1. The van der Waals surface area contributed by atoms with E-state index in [2.05, 4.69) is 19.2 Å². The van der Waals surface area contributed by atoms with Gasteiger partial charge in [0.15, 0.2) is 0 Å². The van der Waals surface area contributed by atoms with E-state index < -0.39 is 5.91 Å². The lowest BCUT2D eigenvalue weighted by Gasteiger charge is -2.51. The van der Waals surface area contributed by atoms with Gasteiger partial charge in [-0.2, -0.15) is 0 Å². The normalized spacial score (nSPS) is 24.6. The van der Waals surface area contributed by atoms with Gasteiger partial charge in [0.25, 0.3) is 0 Å². The molecule has 1 amide bonds. The van der Waals surface area contributed by atoms with E-state index >= 15 is 0 Å². The number of hydrogen-bond acceptors (Lipinski definition) is 4. The Labute approximate surface area is 113 Å². The smallest absolute Gasteiger partial charge is 0.248 e. The van der Waals surface area contributed by atoms with Crippen molar-refractivity contribution in [2.75, 3.05) is 18.2 Å².